The van der Waals surface area contributed by atoms with Crippen LogP contribution in [0.2, 0.25) is 0 Å². The second-order valence-electron chi connectivity index (χ2n) is 7.24. The Balaban J connectivity index is 1.58. The van der Waals surface area contributed by atoms with Gasteiger partial charge in [0.15, 0.2) is 0 Å². The molecule has 3 unspecified atom stereocenters. The first-order valence-electron chi connectivity index (χ1n) is 9.15. The van der Waals surface area contributed by atoms with Gasteiger partial charge >= 0.3 is 0 Å². The van der Waals surface area contributed by atoms with Gasteiger partial charge in [-0.3, -0.25) is 0 Å². The number of halogens is 3. The van der Waals surface area contributed by atoms with Crippen LogP contribution in [0.25, 0.3) is 0 Å². The Morgan fingerprint density at radius 2 is 1.80 bits per heavy atom. The van der Waals surface area contributed by atoms with E-state index in [9.17, 15) is 18.3 Å². The Morgan fingerprint density at radius 3 is 2.36 bits per heavy atom. The van der Waals surface area contributed by atoms with Crippen LogP contribution < -0.4 is 5.32 Å². The number of fused-ring (bicyclic) bond motifs is 3. The standard InChI is InChI=1S/C19H27F3N2O/c20-17(16-11-24-9-6-14(16)7-10-24)18(19(21)22)23-8-5-13-3-1-2-4-15(13)12-25/h1-4,14,16-19,23,25H,5-12H2. The van der Waals surface area contributed by atoms with E-state index in [2.05, 4.69) is 10.2 Å². The quantitative estimate of drug-likeness (QED) is 0.752. The van der Waals surface area contributed by atoms with E-state index in [4.69, 9.17) is 0 Å². The maximum Gasteiger partial charge on any atom is 0.256 e. The SMILES string of the molecule is OCc1ccccc1CCNC(C(F)F)C(F)C1CN2CCC1CC2. The molecule has 3 saturated heterocycles. The molecule has 3 nitrogen and oxygen atoms in total. The van der Waals surface area contributed by atoms with Gasteiger partial charge in [-0.15, -0.1) is 0 Å². The summed E-state index contributed by atoms with van der Waals surface area (Å²) in [5.74, 6) is -0.0584. The van der Waals surface area contributed by atoms with E-state index >= 15 is 0 Å². The maximum absolute atomic E-state index is 14.9. The molecule has 3 heterocycles. The van der Waals surface area contributed by atoms with E-state index in [0.717, 1.165) is 37.1 Å². The summed E-state index contributed by atoms with van der Waals surface area (Å²) in [7, 11) is 0. The van der Waals surface area contributed by atoms with Gasteiger partial charge in [0.1, 0.15) is 12.2 Å². The fourth-order valence-electron chi connectivity index (χ4n) is 4.31. The minimum Gasteiger partial charge on any atom is -0.392 e. The van der Waals surface area contributed by atoms with E-state index in [1.54, 1.807) is 0 Å². The lowest BCUT2D eigenvalue weighted by atomic mass is 9.75. The molecule has 0 aromatic heterocycles. The Kier molecular flexibility index (Phi) is 6.36. The van der Waals surface area contributed by atoms with Crippen LogP contribution in [0.15, 0.2) is 24.3 Å². The van der Waals surface area contributed by atoms with Crippen LogP contribution in [-0.4, -0.2) is 54.8 Å². The van der Waals surface area contributed by atoms with Crippen LogP contribution in [0.1, 0.15) is 24.0 Å². The zero-order valence-corrected chi connectivity index (χ0v) is 14.4. The first-order chi connectivity index (χ1) is 12.1. The molecule has 3 atom stereocenters. The number of alkyl halides is 3. The summed E-state index contributed by atoms with van der Waals surface area (Å²) in [4.78, 5) is 2.19. The predicted molar refractivity (Wildman–Crippen MR) is 91.4 cm³/mol. The van der Waals surface area contributed by atoms with Crippen molar-refractivity contribution in [2.45, 2.75) is 44.5 Å². The van der Waals surface area contributed by atoms with Gasteiger partial charge in [-0.2, -0.15) is 0 Å². The van der Waals surface area contributed by atoms with Crippen molar-refractivity contribution in [3.63, 3.8) is 0 Å². The third kappa shape index (κ3) is 4.36. The van der Waals surface area contributed by atoms with Crippen LogP contribution in [0.5, 0.6) is 0 Å². The fourth-order valence-corrected chi connectivity index (χ4v) is 4.31. The van der Waals surface area contributed by atoms with Gasteiger partial charge in [-0.1, -0.05) is 24.3 Å². The molecule has 2 bridgehead atoms. The number of hydrogen-bond donors (Lipinski definition) is 2. The van der Waals surface area contributed by atoms with Crippen molar-refractivity contribution in [1.29, 1.82) is 0 Å². The highest BCUT2D eigenvalue weighted by Crippen LogP contribution is 2.37. The molecule has 4 rings (SSSR count). The summed E-state index contributed by atoms with van der Waals surface area (Å²) in [6, 6.07) is 5.93. The lowest BCUT2D eigenvalue weighted by molar-refractivity contribution is -0.0340. The highest BCUT2D eigenvalue weighted by molar-refractivity contribution is 5.26. The Labute approximate surface area is 147 Å². The average Bonchev–Trinajstić information content (AvgIpc) is 2.65. The third-order valence-corrected chi connectivity index (χ3v) is 5.79. The van der Waals surface area contributed by atoms with Crippen LogP contribution in [0.3, 0.4) is 0 Å². The molecular formula is C19H27F3N2O. The Bertz CT molecular complexity index is 549. The lowest BCUT2D eigenvalue weighted by Crippen LogP contribution is -2.56. The second-order valence-corrected chi connectivity index (χ2v) is 7.24. The maximum atomic E-state index is 14.9. The molecule has 3 aliphatic heterocycles. The Hall–Kier alpha value is -1.11. The number of rotatable bonds is 8. The molecule has 0 radical (unpaired) electrons. The number of hydrogen-bond acceptors (Lipinski definition) is 3. The van der Waals surface area contributed by atoms with Crippen molar-refractivity contribution < 1.29 is 18.3 Å². The summed E-state index contributed by atoms with van der Waals surface area (Å²) < 4.78 is 41.8. The van der Waals surface area contributed by atoms with Crippen molar-refractivity contribution >= 4 is 0 Å². The van der Waals surface area contributed by atoms with Crippen molar-refractivity contribution in [1.82, 2.24) is 10.2 Å². The second kappa shape index (κ2) is 8.52. The molecule has 1 aromatic rings. The summed E-state index contributed by atoms with van der Waals surface area (Å²) >= 11 is 0. The summed E-state index contributed by atoms with van der Waals surface area (Å²) in [5, 5.41) is 12.1. The number of piperidine rings is 3. The van der Waals surface area contributed by atoms with Gasteiger partial charge in [-0.25, -0.2) is 13.2 Å². The van der Waals surface area contributed by atoms with Crippen LogP contribution in [0.4, 0.5) is 13.2 Å². The number of nitrogens with one attached hydrogen (secondary N) is 1. The lowest BCUT2D eigenvalue weighted by Gasteiger charge is -2.47. The molecule has 0 amide bonds. The highest BCUT2D eigenvalue weighted by atomic mass is 19.3. The highest BCUT2D eigenvalue weighted by Gasteiger charge is 2.44. The van der Waals surface area contributed by atoms with Crippen molar-refractivity contribution in [3.05, 3.63) is 35.4 Å². The van der Waals surface area contributed by atoms with Gasteiger partial charge in [0.05, 0.1) is 6.61 Å². The smallest absolute Gasteiger partial charge is 0.256 e. The topological polar surface area (TPSA) is 35.5 Å². The van der Waals surface area contributed by atoms with Crippen LogP contribution >= 0.6 is 0 Å². The molecule has 3 aliphatic rings. The number of nitrogens with zero attached hydrogens (tertiary/aromatic N) is 1. The molecule has 0 aliphatic carbocycles. The molecule has 1 aromatic carbocycles. The summed E-state index contributed by atoms with van der Waals surface area (Å²) in [6.45, 7) is 2.73. The average molecular weight is 356 g/mol. The first kappa shape index (κ1) is 18.7. The van der Waals surface area contributed by atoms with Crippen LogP contribution in [-0.2, 0) is 13.0 Å². The fraction of sp³-hybridized carbons (Fsp3) is 0.684. The summed E-state index contributed by atoms with van der Waals surface area (Å²) in [6.07, 6.45) is -1.91. The van der Waals surface area contributed by atoms with E-state index in [0.29, 0.717) is 13.0 Å². The molecule has 0 spiro atoms. The molecule has 25 heavy (non-hydrogen) atoms. The molecule has 140 valence electrons. The zero-order valence-electron chi connectivity index (χ0n) is 14.4. The molecule has 0 saturated carbocycles. The molecule has 6 heteroatoms. The minimum absolute atomic E-state index is 0.0836. The summed E-state index contributed by atoms with van der Waals surface area (Å²) in [5.41, 5.74) is 1.69. The van der Waals surface area contributed by atoms with Gasteiger partial charge < -0.3 is 15.3 Å². The van der Waals surface area contributed by atoms with Crippen molar-refractivity contribution in [3.8, 4) is 0 Å². The van der Waals surface area contributed by atoms with E-state index in [1.807, 2.05) is 24.3 Å². The predicted octanol–water partition coefficient (Wildman–Crippen LogP) is 2.62. The van der Waals surface area contributed by atoms with Gasteiger partial charge in [0, 0.05) is 12.5 Å². The van der Waals surface area contributed by atoms with Gasteiger partial charge in [-0.05, 0) is 55.9 Å². The van der Waals surface area contributed by atoms with Crippen molar-refractivity contribution in [2.75, 3.05) is 26.2 Å². The normalized spacial score (nSPS) is 28.3. The monoisotopic (exact) mass is 356 g/mol. The number of aliphatic hydroxyl groups is 1. The number of aliphatic hydroxyl groups excluding tert-OH is 1. The minimum atomic E-state index is -2.72. The molecule has 3 fully saturated rings. The van der Waals surface area contributed by atoms with Crippen LogP contribution in [0, 0.1) is 11.8 Å². The Morgan fingerprint density at radius 1 is 1.12 bits per heavy atom. The first-order valence-corrected chi connectivity index (χ1v) is 9.15. The molecule has 2 N–H and O–H groups in total. The van der Waals surface area contributed by atoms with E-state index in [1.165, 1.54) is 0 Å². The van der Waals surface area contributed by atoms with Gasteiger partial charge in [0.25, 0.3) is 6.43 Å². The van der Waals surface area contributed by atoms with E-state index in [-0.39, 0.29) is 25.0 Å². The van der Waals surface area contributed by atoms with E-state index < -0.39 is 18.6 Å². The number of benzene rings is 1. The van der Waals surface area contributed by atoms with Crippen molar-refractivity contribution in [2.24, 2.45) is 11.8 Å². The zero-order chi connectivity index (χ0) is 17.8. The molecular weight excluding hydrogens is 329 g/mol. The largest absolute Gasteiger partial charge is 0.392 e. The third-order valence-electron chi connectivity index (χ3n) is 5.79. The van der Waals surface area contributed by atoms with Gasteiger partial charge in [0.2, 0.25) is 0 Å².